The van der Waals surface area contributed by atoms with Gasteiger partial charge in [0.25, 0.3) is 5.91 Å². The molecule has 2 aromatic rings. The Morgan fingerprint density at radius 1 is 1.22 bits per heavy atom. The van der Waals surface area contributed by atoms with Crippen LogP contribution in [0.15, 0.2) is 24.3 Å². The second-order valence-corrected chi connectivity index (χ2v) is 8.48. The van der Waals surface area contributed by atoms with Crippen molar-refractivity contribution in [2.75, 3.05) is 11.4 Å². The molecule has 5 nitrogen and oxygen atoms in total. The van der Waals surface area contributed by atoms with Crippen LogP contribution in [0.3, 0.4) is 0 Å². The highest BCUT2D eigenvalue weighted by Gasteiger charge is 2.37. The van der Waals surface area contributed by atoms with E-state index in [9.17, 15) is 9.59 Å². The van der Waals surface area contributed by atoms with Crippen LogP contribution in [0, 0.1) is 12.3 Å². The lowest BCUT2D eigenvalue weighted by Gasteiger charge is -2.31. The van der Waals surface area contributed by atoms with E-state index in [4.69, 9.17) is 4.74 Å². The third-order valence-electron chi connectivity index (χ3n) is 5.72. The molecular formula is C22H26N2O3. The van der Waals surface area contributed by atoms with E-state index < -0.39 is 0 Å². The summed E-state index contributed by atoms with van der Waals surface area (Å²) in [5, 5.41) is 0. The Hall–Kier alpha value is -2.56. The van der Waals surface area contributed by atoms with Gasteiger partial charge >= 0.3 is 5.97 Å². The van der Waals surface area contributed by atoms with Crippen molar-refractivity contribution in [3.8, 4) is 0 Å². The molecule has 0 bridgehead atoms. The van der Waals surface area contributed by atoms with Gasteiger partial charge in [0.15, 0.2) is 0 Å². The molecule has 0 saturated carbocycles. The second kappa shape index (κ2) is 6.25. The number of amides is 1. The molecule has 4 rings (SSSR count). The first-order valence-corrected chi connectivity index (χ1v) is 9.52. The Morgan fingerprint density at radius 3 is 2.74 bits per heavy atom. The highest BCUT2D eigenvalue weighted by atomic mass is 16.5. The van der Waals surface area contributed by atoms with Gasteiger partial charge in [-0.2, -0.15) is 0 Å². The van der Waals surface area contributed by atoms with Crippen LogP contribution in [0.25, 0.3) is 0 Å². The minimum Gasteiger partial charge on any atom is -0.461 e. The molecular weight excluding hydrogens is 340 g/mol. The number of hydrogen-bond acceptors (Lipinski definition) is 3. The minimum atomic E-state index is -0.318. The molecule has 1 aliphatic heterocycles. The van der Waals surface area contributed by atoms with Crippen LogP contribution in [-0.2, 0) is 35.5 Å². The monoisotopic (exact) mass is 366 g/mol. The lowest BCUT2D eigenvalue weighted by atomic mass is 9.90. The predicted octanol–water partition coefficient (Wildman–Crippen LogP) is 3.64. The third kappa shape index (κ3) is 3.05. The SMILES string of the molecule is CC(=O)OCc1c(C)cccc1N1CCn2c(cc3c2CC(C)(C)C3)C1=O. The molecule has 27 heavy (non-hydrogen) atoms. The van der Waals surface area contributed by atoms with Crippen molar-refractivity contribution in [3.63, 3.8) is 0 Å². The fraction of sp³-hybridized carbons (Fsp3) is 0.455. The number of nitrogens with zero attached hydrogens (tertiary/aromatic N) is 2. The molecule has 5 heteroatoms. The van der Waals surface area contributed by atoms with Crippen molar-refractivity contribution in [3.05, 3.63) is 52.3 Å². The summed E-state index contributed by atoms with van der Waals surface area (Å²) in [6.45, 7) is 9.57. The molecule has 0 unspecified atom stereocenters. The lowest BCUT2D eigenvalue weighted by Crippen LogP contribution is -2.41. The molecule has 1 amide bonds. The van der Waals surface area contributed by atoms with Crippen LogP contribution >= 0.6 is 0 Å². The highest BCUT2D eigenvalue weighted by Crippen LogP contribution is 2.39. The molecule has 1 aromatic carbocycles. The van der Waals surface area contributed by atoms with Gasteiger partial charge in [-0.3, -0.25) is 9.59 Å². The highest BCUT2D eigenvalue weighted by molar-refractivity contribution is 6.06. The molecule has 0 atom stereocenters. The number of ether oxygens (including phenoxy) is 1. The Bertz CT molecular complexity index is 939. The number of rotatable bonds is 3. The molecule has 2 aliphatic rings. The molecule has 1 aliphatic carbocycles. The first-order valence-electron chi connectivity index (χ1n) is 9.52. The molecule has 0 N–H and O–H groups in total. The van der Waals surface area contributed by atoms with E-state index >= 15 is 0 Å². The Labute approximate surface area is 159 Å². The van der Waals surface area contributed by atoms with Crippen molar-refractivity contribution in [1.82, 2.24) is 4.57 Å². The van der Waals surface area contributed by atoms with E-state index in [-0.39, 0.29) is 23.9 Å². The normalized spacial score (nSPS) is 17.6. The van der Waals surface area contributed by atoms with Gasteiger partial charge in [0.2, 0.25) is 0 Å². The van der Waals surface area contributed by atoms with Crippen LogP contribution < -0.4 is 4.90 Å². The van der Waals surface area contributed by atoms with Crippen molar-refractivity contribution < 1.29 is 14.3 Å². The van der Waals surface area contributed by atoms with Gasteiger partial charge in [0.1, 0.15) is 12.3 Å². The van der Waals surface area contributed by atoms with Gasteiger partial charge in [-0.25, -0.2) is 0 Å². The maximum Gasteiger partial charge on any atom is 0.302 e. The summed E-state index contributed by atoms with van der Waals surface area (Å²) in [5.74, 6) is -0.287. The fourth-order valence-electron chi connectivity index (χ4n) is 4.44. The van der Waals surface area contributed by atoms with Crippen molar-refractivity contribution >= 4 is 17.6 Å². The van der Waals surface area contributed by atoms with Gasteiger partial charge in [0, 0.05) is 31.3 Å². The molecule has 1 aromatic heterocycles. The van der Waals surface area contributed by atoms with Crippen LogP contribution in [0.4, 0.5) is 5.69 Å². The smallest absolute Gasteiger partial charge is 0.302 e. The van der Waals surface area contributed by atoms with E-state index in [1.54, 1.807) is 0 Å². The molecule has 0 spiro atoms. The maximum atomic E-state index is 13.3. The van der Waals surface area contributed by atoms with E-state index in [2.05, 4.69) is 24.5 Å². The summed E-state index contributed by atoms with van der Waals surface area (Å²) in [7, 11) is 0. The number of esters is 1. The van der Waals surface area contributed by atoms with E-state index in [0.717, 1.165) is 41.9 Å². The van der Waals surface area contributed by atoms with Gasteiger partial charge in [-0.05, 0) is 48.4 Å². The van der Waals surface area contributed by atoms with E-state index in [1.807, 2.05) is 30.0 Å². The third-order valence-corrected chi connectivity index (χ3v) is 5.72. The predicted molar refractivity (Wildman–Crippen MR) is 104 cm³/mol. The number of benzene rings is 1. The summed E-state index contributed by atoms with van der Waals surface area (Å²) in [6.07, 6.45) is 2.05. The number of anilines is 1. The topological polar surface area (TPSA) is 51.5 Å². The van der Waals surface area contributed by atoms with Crippen molar-refractivity contribution in [1.29, 1.82) is 0 Å². The van der Waals surface area contributed by atoms with Crippen LogP contribution in [-0.4, -0.2) is 23.0 Å². The molecule has 142 valence electrons. The number of carbonyl (C=O) groups excluding carboxylic acids is 2. The molecule has 2 heterocycles. The van der Waals surface area contributed by atoms with E-state index in [1.165, 1.54) is 18.2 Å². The molecule has 0 saturated heterocycles. The summed E-state index contributed by atoms with van der Waals surface area (Å²) in [6, 6.07) is 7.96. The zero-order chi connectivity index (χ0) is 19.3. The average molecular weight is 366 g/mol. The van der Waals surface area contributed by atoms with Gasteiger partial charge in [0.05, 0.1) is 5.69 Å². The molecule has 0 fully saturated rings. The fourth-order valence-corrected chi connectivity index (χ4v) is 4.44. The average Bonchev–Trinajstić information content (AvgIpc) is 3.06. The van der Waals surface area contributed by atoms with E-state index in [0.29, 0.717) is 6.54 Å². The number of aryl methyl sites for hydroxylation is 1. The number of hydrogen-bond donors (Lipinski definition) is 0. The van der Waals surface area contributed by atoms with Gasteiger partial charge in [-0.1, -0.05) is 26.0 Å². The standard InChI is InChI=1S/C22H26N2O3/c1-14-6-5-7-18(17(14)13-27-15(2)25)24-9-8-23-19(21(24)26)10-16-11-22(3,4)12-20(16)23/h5-7,10H,8-9,11-13H2,1-4H3. The quantitative estimate of drug-likeness (QED) is 0.779. The Morgan fingerprint density at radius 2 is 2.00 bits per heavy atom. The summed E-state index contributed by atoms with van der Waals surface area (Å²) in [5.41, 5.74) is 6.46. The second-order valence-electron chi connectivity index (χ2n) is 8.48. The minimum absolute atomic E-state index is 0.0307. The van der Waals surface area contributed by atoms with Gasteiger partial charge < -0.3 is 14.2 Å². The summed E-state index contributed by atoms with van der Waals surface area (Å²) >= 11 is 0. The number of aromatic nitrogens is 1. The summed E-state index contributed by atoms with van der Waals surface area (Å²) < 4.78 is 7.45. The van der Waals surface area contributed by atoms with Gasteiger partial charge in [-0.15, -0.1) is 0 Å². The van der Waals surface area contributed by atoms with Crippen LogP contribution in [0.2, 0.25) is 0 Å². The molecule has 0 radical (unpaired) electrons. The largest absolute Gasteiger partial charge is 0.461 e. The van der Waals surface area contributed by atoms with Crippen LogP contribution in [0.5, 0.6) is 0 Å². The number of fused-ring (bicyclic) bond motifs is 3. The zero-order valence-corrected chi connectivity index (χ0v) is 16.5. The Balaban J connectivity index is 1.68. The maximum absolute atomic E-state index is 13.3. The first kappa shape index (κ1) is 17.8. The van der Waals surface area contributed by atoms with Crippen LogP contribution in [0.1, 0.15) is 53.6 Å². The number of carbonyl (C=O) groups is 2. The zero-order valence-electron chi connectivity index (χ0n) is 16.5. The lowest BCUT2D eigenvalue weighted by molar-refractivity contribution is -0.142. The van der Waals surface area contributed by atoms with Crippen molar-refractivity contribution in [2.45, 2.75) is 53.7 Å². The Kier molecular flexibility index (Phi) is 4.13. The summed E-state index contributed by atoms with van der Waals surface area (Å²) in [4.78, 5) is 26.4. The van der Waals surface area contributed by atoms with Crippen molar-refractivity contribution in [2.24, 2.45) is 5.41 Å². The first-order chi connectivity index (χ1) is 12.8.